The molecule has 4 aromatic rings. The zero-order chi connectivity index (χ0) is 21.5. The number of ether oxygens (including phenoxy) is 1. The molecular weight excluding hydrogens is 386 g/mol. The number of nitrogens with zero attached hydrogens (tertiary/aromatic N) is 2. The van der Waals surface area contributed by atoms with Gasteiger partial charge in [0.05, 0.1) is 12.2 Å². The van der Waals surface area contributed by atoms with Crippen LogP contribution in [0.2, 0.25) is 0 Å². The minimum atomic E-state index is -0.170. The Morgan fingerprint density at radius 2 is 1.71 bits per heavy atom. The van der Waals surface area contributed by atoms with Crippen molar-refractivity contribution in [1.82, 2.24) is 15.1 Å². The number of hydrogen-bond donors (Lipinski definition) is 1. The summed E-state index contributed by atoms with van der Waals surface area (Å²) in [5, 5.41) is 7.74. The number of aromatic nitrogens is 2. The Morgan fingerprint density at radius 1 is 0.968 bits per heavy atom. The molecule has 0 fully saturated rings. The third-order valence-electron chi connectivity index (χ3n) is 4.91. The van der Waals surface area contributed by atoms with Crippen LogP contribution in [-0.4, -0.2) is 22.3 Å². The van der Waals surface area contributed by atoms with Crippen LogP contribution in [-0.2, 0) is 17.9 Å². The lowest BCUT2D eigenvalue weighted by Crippen LogP contribution is -2.28. The number of benzene rings is 3. The first kappa shape index (κ1) is 20.4. The fraction of sp³-hybridized carbons (Fsp3) is 0.154. The summed E-state index contributed by atoms with van der Waals surface area (Å²) in [4.78, 5) is 12.4. The molecule has 0 unspecified atom stereocenters. The van der Waals surface area contributed by atoms with Gasteiger partial charge >= 0.3 is 0 Å². The average molecular weight is 412 g/mol. The van der Waals surface area contributed by atoms with Crippen molar-refractivity contribution in [3.05, 3.63) is 108 Å². The zero-order valence-electron chi connectivity index (χ0n) is 17.5. The maximum absolute atomic E-state index is 12.4. The van der Waals surface area contributed by atoms with Crippen molar-refractivity contribution in [2.24, 2.45) is 0 Å². The Kier molecular flexibility index (Phi) is 6.43. The van der Waals surface area contributed by atoms with E-state index in [2.05, 4.69) is 17.4 Å². The molecule has 1 N–H and O–H groups in total. The predicted molar refractivity (Wildman–Crippen MR) is 122 cm³/mol. The number of rotatable bonds is 8. The van der Waals surface area contributed by atoms with E-state index in [1.807, 2.05) is 90.6 Å². The molecule has 0 aliphatic rings. The Labute approximate surface area is 182 Å². The molecular formula is C26H25N3O2. The van der Waals surface area contributed by atoms with Gasteiger partial charge in [0.25, 0.3) is 5.91 Å². The summed E-state index contributed by atoms with van der Waals surface area (Å²) in [5.74, 6) is 0.520. The largest absolute Gasteiger partial charge is 0.484 e. The highest BCUT2D eigenvalue weighted by Crippen LogP contribution is 2.22. The van der Waals surface area contributed by atoms with Crippen LogP contribution in [0, 0.1) is 6.92 Å². The number of hydrogen-bond acceptors (Lipinski definition) is 3. The van der Waals surface area contributed by atoms with E-state index in [0.29, 0.717) is 18.8 Å². The maximum atomic E-state index is 12.4. The van der Waals surface area contributed by atoms with Crippen molar-refractivity contribution in [3.63, 3.8) is 0 Å². The summed E-state index contributed by atoms with van der Waals surface area (Å²) in [6, 6.07) is 27.9. The van der Waals surface area contributed by atoms with Gasteiger partial charge in [-0.3, -0.25) is 9.48 Å². The molecule has 1 heterocycles. The minimum absolute atomic E-state index is 0.0255. The molecule has 0 aliphatic carbocycles. The number of aryl methyl sites for hydroxylation is 1. The number of carbonyl (C=O) groups excluding carboxylic acids is 1. The number of carbonyl (C=O) groups is 1. The number of nitrogens with one attached hydrogen (secondary N) is 1. The van der Waals surface area contributed by atoms with Gasteiger partial charge in [-0.05, 0) is 30.2 Å². The van der Waals surface area contributed by atoms with E-state index in [0.717, 1.165) is 22.4 Å². The molecule has 5 heteroatoms. The highest BCUT2D eigenvalue weighted by molar-refractivity contribution is 5.77. The second-order valence-electron chi connectivity index (χ2n) is 7.43. The Bertz CT molecular complexity index is 1140. The Balaban J connectivity index is 1.45. The van der Waals surface area contributed by atoms with E-state index in [1.165, 1.54) is 5.56 Å². The van der Waals surface area contributed by atoms with Gasteiger partial charge in [0.1, 0.15) is 5.75 Å². The predicted octanol–water partition coefficient (Wildman–Crippen LogP) is 4.60. The van der Waals surface area contributed by atoms with Crippen LogP contribution in [0.3, 0.4) is 0 Å². The highest BCUT2D eigenvalue weighted by Gasteiger charge is 2.13. The molecule has 5 nitrogen and oxygen atoms in total. The fourth-order valence-electron chi connectivity index (χ4n) is 3.38. The molecule has 156 valence electrons. The van der Waals surface area contributed by atoms with Crippen LogP contribution in [0.1, 0.15) is 16.7 Å². The molecule has 3 aromatic carbocycles. The van der Waals surface area contributed by atoms with Crippen LogP contribution >= 0.6 is 0 Å². The zero-order valence-corrected chi connectivity index (χ0v) is 17.5. The van der Waals surface area contributed by atoms with Gasteiger partial charge in [-0.1, -0.05) is 72.8 Å². The van der Waals surface area contributed by atoms with E-state index >= 15 is 0 Å². The second kappa shape index (κ2) is 9.76. The van der Waals surface area contributed by atoms with Crippen LogP contribution in [0.25, 0.3) is 11.3 Å². The molecule has 0 aliphatic heterocycles. The Hall–Kier alpha value is -3.86. The molecule has 1 amide bonds. The molecule has 0 atom stereocenters. The summed E-state index contributed by atoms with van der Waals surface area (Å²) < 4.78 is 7.52. The van der Waals surface area contributed by atoms with E-state index in [9.17, 15) is 4.79 Å². The summed E-state index contributed by atoms with van der Waals surface area (Å²) in [6.45, 7) is 3.02. The molecule has 0 radical (unpaired) electrons. The highest BCUT2D eigenvalue weighted by atomic mass is 16.5. The summed E-state index contributed by atoms with van der Waals surface area (Å²) >= 11 is 0. The monoisotopic (exact) mass is 411 g/mol. The Morgan fingerprint density at radius 3 is 2.45 bits per heavy atom. The second-order valence-corrected chi connectivity index (χ2v) is 7.43. The first-order chi connectivity index (χ1) is 15.2. The molecule has 31 heavy (non-hydrogen) atoms. The van der Waals surface area contributed by atoms with E-state index in [1.54, 1.807) is 0 Å². The van der Waals surface area contributed by atoms with Gasteiger partial charge in [-0.2, -0.15) is 5.10 Å². The first-order valence-electron chi connectivity index (χ1n) is 10.3. The van der Waals surface area contributed by atoms with Gasteiger partial charge in [0.2, 0.25) is 0 Å². The summed E-state index contributed by atoms with van der Waals surface area (Å²) in [7, 11) is 0. The third-order valence-corrected chi connectivity index (χ3v) is 4.91. The topological polar surface area (TPSA) is 56.1 Å². The van der Waals surface area contributed by atoms with Crippen LogP contribution in [0.4, 0.5) is 0 Å². The lowest BCUT2D eigenvalue weighted by Gasteiger charge is -2.08. The van der Waals surface area contributed by atoms with Gasteiger partial charge in [-0.15, -0.1) is 0 Å². The van der Waals surface area contributed by atoms with E-state index < -0.39 is 0 Å². The van der Waals surface area contributed by atoms with Gasteiger partial charge < -0.3 is 10.1 Å². The van der Waals surface area contributed by atoms with Gasteiger partial charge in [-0.25, -0.2) is 0 Å². The van der Waals surface area contributed by atoms with Crippen LogP contribution < -0.4 is 10.1 Å². The van der Waals surface area contributed by atoms with Crippen LogP contribution in [0.15, 0.2) is 91.1 Å². The molecule has 0 bridgehead atoms. The summed E-state index contributed by atoms with van der Waals surface area (Å²) in [5.41, 5.74) is 5.13. The first-order valence-corrected chi connectivity index (χ1v) is 10.3. The lowest BCUT2D eigenvalue weighted by molar-refractivity contribution is -0.123. The van der Waals surface area contributed by atoms with Crippen molar-refractivity contribution in [1.29, 1.82) is 0 Å². The minimum Gasteiger partial charge on any atom is -0.484 e. The third kappa shape index (κ3) is 5.60. The SMILES string of the molecule is Cc1cccc(OCC(=O)NCc2cn(Cc3ccccc3)nc2-c2ccccc2)c1. The molecule has 0 saturated carbocycles. The normalized spacial score (nSPS) is 10.6. The molecule has 0 saturated heterocycles. The maximum Gasteiger partial charge on any atom is 0.258 e. The quantitative estimate of drug-likeness (QED) is 0.461. The fourth-order valence-corrected chi connectivity index (χ4v) is 3.38. The van der Waals surface area contributed by atoms with Crippen molar-refractivity contribution in [2.45, 2.75) is 20.0 Å². The summed E-state index contributed by atoms with van der Waals surface area (Å²) in [6.07, 6.45) is 2.00. The van der Waals surface area contributed by atoms with Crippen molar-refractivity contribution >= 4 is 5.91 Å². The molecule has 1 aromatic heterocycles. The standard InChI is InChI=1S/C26H25N3O2/c1-20-9-8-14-24(15-20)31-19-25(30)27-16-23-18-29(17-21-10-4-2-5-11-21)28-26(23)22-12-6-3-7-13-22/h2-15,18H,16-17,19H2,1H3,(H,27,30). The molecule has 0 spiro atoms. The van der Waals surface area contributed by atoms with Crippen molar-refractivity contribution in [3.8, 4) is 17.0 Å². The van der Waals surface area contributed by atoms with Gasteiger partial charge in [0, 0.05) is 23.9 Å². The van der Waals surface area contributed by atoms with E-state index in [-0.39, 0.29) is 12.5 Å². The van der Waals surface area contributed by atoms with Gasteiger partial charge in [0.15, 0.2) is 6.61 Å². The van der Waals surface area contributed by atoms with Crippen molar-refractivity contribution in [2.75, 3.05) is 6.61 Å². The lowest BCUT2D eigenvalue weighted by atomic mass is 10.1. The molecule has 4 rings (SSSR count). The smallest absolute Gasteiger partial charge is 0.258 e. The van der Waals surface area contributed by atoms with E-state index in [4.69, 9.17) is 9.84 Å². The van der Waals surface area contributed by atoms with Crippen molar-refractivity contribution < 1.29 is 9.53 Å². The average Bonchev–Trinajstić information content (AvgIpc) is 3.20. The van der Waals surface area contributed by atoms with Crippen LogP contribution in [0.5, 0.6) is 5.75 Å². The number of amides is 1.